The van der Waals surface area contributed by atoms with E-state index in [1.165, 1.54) is 5.56 Å². The van der Waals surface area contributed by atoms with Gasteiger partial charge in [0, 0.05) is 6.04 Å². The highest BCUT2D eigenvalue weighted by Gasteiger charge is 2.24. The summed E-state index contributed by atoms with van der Waals surface area (Å²) in [6.07, 6.45) is 1.96. The number of furan rings is 1. The average molecular weight is 259 g/mol. The topological polar surface area (TPSA) is 25.2 Å². The molecule has 0 saturated heterocycles. The normalized spacial score (nSPS) is 19.4. The molecule has 100 valence electrons. The van der Waals surface area contributed by atoms with Crippen LogP contribution < -0.4 is 5.32 Å². The van der Waals surface area contributed by atoms with Crippen LogP contribution in [-0.4, -0.2) is 0 Å². The first-order valence-corrected chi connectivity index (χ1v) is 6.74. The van der Waals surface area contributed by atoms with Gasteiger partial charge in [-0.3, -0.25) is 0 Å². The van der Waals surface area contributed by atoms with Gasteiger partial charge >= 0.3 is 0 Å². The zero-order chi connectivity index (χ0) is 13.4. The SMILES string of the molecule is Cc1ccc(C(C)NC2CCc3cc(F)ccc32)o1. The number of nitrogens with one attached hydrogen (secondary N) is 1. The first-order chi connectivity index (χ1) is 9.13. The lowest BCUT2D eigenvalue weighted by Crippen LogP contribution is -2.22. The number of rotatable bonds is 3. The molecule has 0 spiro atoms. The number of aryl methyl sites for hydroxylation is 2. The summed E-state index contributed by atoms with van der Waals surface area (Å²) >= 11 is 0. The van der Waals surface area contributed by atoms with E-state index in [1.807, 2.05) is 25.1 Å². The molecule has 0 saturated carbocycles. The molecule has 3 rings (SSSR count). The molecule has 0 aliphatic heterocycles. The number of benzene rings is 1. The summed E-state index contributed by atoms with van der Waals surface area (Å²) in [5.74, 6) is 1.74. The Bertz CT molecular complexity index is 590. The van der Waals surface area contributed by atoms with E-state index in [0.717, 1.165) is 29.9 Å². The largest absolute Gasteiger partial charge is 0.465 e. The standard InChI is InChI=1S/C16H18FNO/c1-10-3-8-16(19-10)11(2)18-15-7-4-12-9-13(17)5-6-14(12)15/h3,5-6,8-9,11,15,18H,4,7H2,1-2H3. The predicted octanol–water partition coefficient (Wildman–Crippen LogP) is 4.07. The Balaban J connectivity index is 1.76. The molecule has 2 aromatic rings. The Hall–Kier alpha value is -1.61. The first-order valence-electron chi connectivity index (χ1n) is 6.74. The second-order valence-corrected chi connectivity index (χ2v) is 5.27. The summed E-state index contributed by atoms with van der Waals surface area (Å²) in [4.78, 5) is 0. The fourth-order valence-electron chi connectivity index (χ4n) is 2.83. The van der Waals surface area contributed by atoms with Gasteiger partial charge in [0.2, 0.25) is 0 Å². The van der Waals surface area contributed by atoms with E-state index in [-0.39, 0.29) is 17.9 Å². The van der Waals surface area contributed by atoms with Gasteiger partial charge < -0.3 is 9.73 Å². The van der Waals surface area contributed by atoms with E-state index in [2.05, 4.69) is 12.2 Å². The third-order valence-electron chi connectivity index (χ3n) is 3.82. The lowest BCUT2D eigenvalue weighted by Gasteiger charge is -2.19. The fourth-order valence-corrected chi connectivity index (χ4v) is 2.83. The highest BCUT2D eigenvalue weighted by Crippen LogP contribution is 2.33. The van der Waals surface area contributed by atoms with Gasteiger partial charge in [0.05, 0.1) is 6.04 Å². The maximum atomic E-state index is 13.2. The summed E-state index contributed by atoms with van der Waals surface area (Å²) in [6, 6.07) is 9.53. The summed E-state index contributed by atoms with van der Waals surface area (Å²) in [5, 5.41) is 3.57. The average Bonchev–Trinajstić information content (AvgIpc) is 2.96. The van der Waals surface area contributed by atoms with Crippen LogP contribution >= 0.6 is 0 Å². The van der Waals surface area contributed by atoms with Gasteiger partial charge in [0.1, 0.15) is 17.3 Å². The van der Waals surface area contributed by atoms with Crippen molar-refractivity contribution in [3.05, 3.63) is 58.8 Å². The minimum Gasteiger partial charge on any atom is -0.465 e. The van der Waals surface area contributed by atoms with Gasteiger partial charge in [0.25, 0.3) is 0 Å². The monoisotopic (exact) mass is 259 g/mol. The van der Waals surface area contributed by atoms with Crippen molar-refractivity contribution in [2.45, 2.75) is 38.8 Å². The summed E-state index contributed by atoms with van der Waals surface area (Å²) < 4.78 is 18.8. The van der Waals surface area contributed by atoms with Crippen molar-refractivity contribution in [3.8, 4) is 0 Å². The minimum atomic E-state index is -0.144. The van der Waals surface area contributed by atoms with Crippen LogP contribution in [0.5, 0.6) is 0 Å². The number of hydrogen-bond acceptors (Lipinski definition) is 2. The van der Waals surface area contributed by atoms with Crippen molar-refractivity contribution in [2.24, 2.45) is 0 Å². The molecule has 2 atom stereocenters. The van der Waals surface area contributed by atoms with Crippen molar-refractivity contribution < 1.29 is 8.81 Å². The van der Waals surface area contributed by atoms with Crippen molar-refractivity contribution in [3.63, 3.8) is 0 Å². The molecule has 2 unspecified atom stereocenters. The molecule has 1 heterocycles. The molecular formula is C16H18FNO. The maximum Gasteiger partial charge on any atom is 0.123 e. The van der Waals surface area contributed by atoms with Crippen LogP contribution in [0.1, 0.15) is 48.1 Å². The van der Waals surface area contributed by atoms with Crippen LogP contribution in [0, 0.1) is 12.7 Å². The second-order valence-electron chi connectivity index (χ2n) is 5.27. The molecule has 1 aromatic heterocycles. The summed E-state index contributed by atoms with van der Waals surface area (Å²) in [6.45, 7) is 4.05. The Morgan fingerprint density at radius 3 is 2.89 bits per heavy atom. The summed E-state index contributed by atoms with van der Waals surface area (Å²) in [7, 11) is 0. The molecule has 1 aliphatic carbocycles. The smallest absolute Gasteiger partial charge is 0.123 e. The maximum absolute atomic E-state index is 13.2. The summed E-state index contributed by atoms with van der Waals surface area (Å²) in [5.41, 5.74) is 2.34. The van der Waals surface area contributed by atoms with Gasteiger partial charge in [-0.05, 0) is 62.1 Å². The van der Waals surface area contributed by atoms with Gasteiger partial charge in [-0.2, -0.15) is 0 Å². The van der Waals surface area contributed by atoms with E-state index in [1.54, 1.807) is 12.1 Å². The first kappa shape index (κ1) is 12.4. The molecular weight excluding hydrogens is 241 g/mol. The Morgan fingerprint density at radius 2 is 2.16 bits per heavy atom. The Labute approximate surface area is 112 Å². The number of hydrogen-bond donors (Lipinski definition) is 1. The van der Waals surface area contributed by atoms with Crippen LogP contribution in [0.25, 0.3) is 0 Å². The fraction of sp³-hybridized carbons (Fsp3) is 0.375. The predicted molar refractivity (Wildman–Crippen MR) is 72.5 cm³/mol. The molecule has 3 heteroatoms. The lowest BCUT2D eigenvalue weighted by molar-refractivity contribution is 0.382. The van der Waals surface area contributed by atoms with Crippen LogP contribution in [0.15, 0.2) is 34.7 Å². The molecule has 0 radical (unpaired) electrons. The number of halogens is 1. The van der Waals surface area contributed by atoms with Crippen LogP contribution in [0.3, 0.4) is 0 Å². The van der Waals surface area contributed by atoms with E-state index in [4.69, 9.17) is 4.42 Å². The molecule has 1 aromatic carbocycles. The van der Waals surface area contributed by atoms with Gasteiger partial charge in [-0.15, -0.1) is 0 Å². The Morgan fingerprint density at radius 1 is 1.32 bits per heavy atom. The van der Waals surface area contributed by atoms with Crippen LogP contribution in [-0.2, 0) is 6.42 Å². The van der Waals surface area contributed by atoms with E-state index in [9.17, 15) is 4.39 Å². The molecule has 1 aliphatic rings. The van der Waals surface area contributed by atoms with Gasteiger partial charge in [-0.1, -0.05) is 6.07 Å². The van der Waals surface area contributed by atoms with Crippen molar-refractivity contribution in [1.29, 1.82) is 0 Å². The van der Waals surface area contributed by atoms with E-state index >= 15 is 0 Å². The van der Waals surface area contributed by atoms with Crippen molar-refractivity contribution in [2.75, 3.05) is 0 Å². The Kier molecular flexibility index (Phi) is 3.15. The molecule has 0 amide bonds. The quantitative estimate of drug-likeness (QED) is 0.899. The third-order valence-corrected chi connectivity index (χ3v) is 3.82. The lowest BCUT2D eigenvalue weighted by atomic mass is 10.1. The third kappa shape index (κ3) is 2.43. The van der Waals surface area contributed by atoms with E-state index < -0.39 is 0 Å². The molecule has 19 heavy (non-hydrogen) atoms. The van der Waals surface area contributed by atoms with Crippen LogP contribution in [0.2, 0.25) is 0 Å². The molecule has 1 N–H and O–H groups in total. The zero-order valence-corrected chi connectivity index (χ0v) is 11.2. The highest BCUT2D eigenvalue weighted by molar-refractivity contribution is 5.35. The van der Waals surface area contributed by atoms with E-state index in [0.29, 0.717) is 0 Å². The van der Waals surface area contributed by atoms with Gasteiger partial charge in [0.15, 0.2) is 0 Å². The molecule has 0 fully saturated rings. The number of fused-ring (bicyclic) bond motifs is 1. The van der Waals surface area contributed by atoms with Crippen molar-refractivity contribution in [1.82, 2.24) is 5.32 Å². The highest BCUT2D eigenvalue weighted by atomic mass is 19.1. The molecule has 2 nitrogen and oxygen atoms in total. The van der Waals surface area contributed by atoms with Crippen molar-refractivity contribution >= 4 is 0 Å². The molecule has 0 bridgehead atoms. The second kappa shape index (κ2) is 4.82. The van der Waals surface area contributed by atoms with Gasteiger partial charge in [-0.25, -0.2) is 4.39 Å². The minimum absolute atomic E-state index is 0.144. The zero-order valence-electron chi connectivity index (χ0n) is 11.2. The van der Waals surface area contributed by atoms with Crippen LogP contribution in [0.4, 0.5) is 4.39 Å².